The maximum absolute atomic E-state index is 13.1. The van der Waals surface area contributed by atoms with Gasteiger partial charge in [-0.2, -0.15) is 43.2 Å². The topological polar surface area (TPSA) is 104 Å². The van der Waals surface area contributed by atoms with Gasteiger partial charge in [-0.3, -0.25) is 4.79 Å². The molecular formula is C16H14F6O7S2. The fourth-order valence-electron chi connectivity index (χ4n) is 3.83. The lowest BCUT2D eigenvalue weighted by Gasteiger charge is -2.31. The van der Waals surface area contributed by atoms with E-state index >= 15 is 0 Å². The van der Waals surface area contributed by atoms with E-state index in [1.54, 1.807) is 0 Å². The van der Waals surface area contributed by atoms with Crippen LogP contribution in [-0.2, 0) is 26.7 Å². The lowest BCUT2D eigenvalue weighted by molar-refractivity contribution is -0.0506. The first kappa shape index (κ1) is 23.6. The number of carbonyl (C=O) groups is 1. The van der Waals surface area contributed by atoms with Crippen LogP contribution in [0.2, 0.25) is 0 Å². The van der Waals surface area contributed by atoms with Gasteiger partial charge in [-0.15, -0.1) is 0 Å². The maximum atomic E-state index is 13.1. The van der Waals surface area contributed by atoms with E-state index in [4.69, 9.17) is 0 Å². The van der Waals surface area contributed by atoms with E-state index in [-0.39, 0.29) is 19.3 Å². The Morgan fingerprint density at radius 3 is 1.71 bits per heavy atom. The molecule has 15 heteroatoms. The number of hydrogen-bond acceptors (Lipinski definition) is 7. The van der Waals surface area contributed by atoms with E-state index in [9.17, 15) is 48.0 Å². The van der Waals surface area contributed by atoms with Crippen molar-refractivity contribution in [2.24, 2.45) is 5.41 Å². The predicted molar refractivity (Wildman–Crippen MR) is 91.2 cm³/mol. The summed E-state index contributed by atoms with van der Waals surface area (Å²) in [6.45, 7) is 0. The molecule has 0 aromatic heterocycles. The molecule has 1 aromatic rings. The summed E-state index contributed by atoms with van der Waals surface area (Å²) in [7, 11) is -12.4. The molecule has 0 aliphatic heterocycles. The van der Waals surface area contributed by atoms with Crippen LogP contribution in [-0.4, -0.2) is 33.6 Å². The van der Waals surface area contributed by atoms with Crippen LogP contribution in [0.4, 0.5) is 26.3 Å². The van der Waals surface area contributed by atoms with Crippen LogP contribution in [0.15, 0.2) is 12.1 Å². The summed E-state index contributed by atoms with van der Waals surface area (Å²) in [5.41, 5.74) is -14.0. The molecule has 2 aliphatic carbocycles. The van der Waals surface area contributed by atoms with Crippen LogP contribution in [0.5, 0.6) is 11.5 Å². The molecule has 174 valence electrons. The van der Waals surface area contributed by atoms with Gasteiger partial charge in [-0.25, -0.2) is 0 Å². The van der Waals surface area contributed by atoms with Crippen molar-refractivity contribution in [2.75, 3.05) is 0 Å². The minimum absolute atomic E-state index is 0.234. The van der Waals surface area contributed by atoms with Gasteiger partial charge in [0.25, 0.3) is 0 Å². The number of benzene rings is 1. The Morgan fingerprint density at radius 2 is 1.23 bits per heavy atom. The highest BCUT2D eigenvalue weighted by molar-refractivity contribution is 7.88. The van der Waals surface area contributed by atoms with Crippen molar-refractivity contribution in [2.45, 2.75) is 49.5 Å². The van der Waals surface area contributed by atoms with Gasteiger partial charge in [-0.1, -0.05) is 19.3 Å². The number of hydrogen-bond donors (Lipinski definition) is 0. The molecule has 1 fully saturated rings. The molecule has 2 aliphatic rings. The summed E-state index contributed by atoms with van der Waals surface area (Å²) in [5, 5.41) is 0. The number of ketones is 1. The van der Waals surface area contributed by atoms with Crippen LogP contribution in [0.1, 0.15) is 48.0 Å². The Hall–Kier alpha value is -2.03. The molecule has 0 heterocycles. The Bertz CT molecular complexity index is 1110. The Morgan fingerprint density at radius 1 is 0.774 bits per heavy atom. The molecule has 0 bridgehead atoms. The molecule has 1 aromatic carbocycles. The predicted octanol–water partition coefficient (Wildman–Crippen LogP) is 3.83. The van der Waals surface area contributed by atoms with Crippen molar-refractivity contribution < 1.29 is 56.3 Å². The fourth-order valence-corrected chi connectivity index (χ4v) is 4.78. The van der Waals surface area contributed by atoms with Crippen LogP contribution < -0.4 is 8.37 Å². The third-order valence-electron chi connectivity index (χ3n) is 5.23. The molecule has 0 unspecified atom stereocenters. The van der Waals surface area contributed by atoms with Crippen molar-refractivity contribution in [1.82, 2.24) is 0 Å². The van der Waals surface area contributed by atoms with Crippen molar-refractivity contribution >= 4 is 26.0 Å². The largest absolute Gasteiger partial charge is 0.534 e. The molecular weight excluding hydrogens is 482 g/mol. The second kappa shape index (κ2) is 7.25. The standard InChI is InChI=1S/C16H14F6O7S2/c17-15(18,19)30(24,25)28-10-4-5-11(29-31(26,27)16(20,21)22)12-9(10)8-14(13(12)23)6-2-1-3-7-14/h4-5H,1-3,6-8H2. The van der Waals surface area contributed by atoms with Gasteiger partial charge in [0.1, 0.15) is 5.75 Å². The van der Waals surface area contributed by atoms with Gasteiger partial charge in [0, 0.05) is 11.0 Å². The molecule has 0 N–H and O–H groups in total. The number of rotatable bonds is 4. The Labute approximate surface area is 172 Å². The van der Waals surface area contributed by atoms with Gasteiger partial charge in [-0.05, 0) is 31.4 Å². The molecule has 31 heavy (non-hydrogen) atoms. The highest BCUT2D eigenvalue weighted by Gasteiger charge is 2.53. The van der Waals surface area contributed by atoms with E-state index < -0.39 is 65.1 Å². The normalized spacial score (nSPS) is 19.4. The minimum atomic E-state index is -6.20. The quantitative estimate of drug-likeness (QED) is 0.355. The summed E-state index contributed by atoms with van der Waals surface area (Å²) in [6.07, 6.45) is 1.95. The van der Waals surface area contributed by atoms with Crippen LogP contribution in [0.3, 0.4) is 0 Å². The van der Waals surface area contributed by atoms with Gasteiger partial charge < -0.3 is 8.37 Å². The van der Waals surface area contributed by atoms with Crippen LogP contribution >= 0.6 is 0 Å². The SMILES string of the molecule is O=C1c2c(OS(=O)(=O)C(F)(F)F)ccc(OS(=O)(=O)C(F)(F)F)c2CC12CCCCC2. The average Bonchev–Trinajstić information content (AvgIpc) is 2.89. The lowest BCUT2D eigenvalue weighted by atomic mass is 9.71. The van der Waals surface area contributed by atoms with Gasteiger partial charge in [0.15, 0.2) is 11.5 Å². The molecule has 7 nitrogen and oxygen atoms in total. The van der Waals surface area contributed by atoms with Crippen molar-refractivity contribution in [3.8, 4) is 11.5 Å². The highest BCUT2D eigenvalue weighted by atomic mass is 32.2. The lowest BCUT2D eigenvalue weighted by Crippen LogP contribution is -2.31. The van der Waals surface area contributed by atoms with Crippen LogP contribution in [0, 0.1) is 5.41 Å². The number of fused-ring (bicyclic) bond motifs is 1. The smallest absolute Gasteiger partial charge is 0.376 e. The zero-order chi connectivity index (χ0) is 23.5. The number of Topliss-reactive ketones (excluding diaryl/α,β-unsaturated/α-hetero) is 1. The highest BCUT2D eigenvalue weighted by Crippen LogP contribution is 2.52. The fraction of sp³-hybridized carbons (Fsp3) is 0.562. The zero-order valence-corrected chi connectivity index (χ0v) is 17.0. The zero-order valence-electron chi connectivity index (χ0n) is 15.3. The average molecular weight is 496 g/mol. The molecule has 0 radical (unpaired) electrons. The molecule has 0 atom stereocenters. The third kappa shape index (κ3) is 4.08. The first-order chi connectivity index (χ1) is 14.0. The molecule has 3 rings (SSSR count). The second-order valence-corrected chi connectivity index (χ2v) is 10.3. The number of carbonyl (C=O) groups excluding carboxylic acids is 1. The molecule has 1 saturated carbocycles. The first-order valence-corrected chi connectivity index (χ1v) is 11.5. The third-order valence-corrected chi connectivity index (χ3v) is 7.16. The van der Waals surface area contributed by atoms with E-state index in [2.05, 4.69) is 8.37 Å². The maximum Gasteiger partial charge on any atom is 0.534 e. The minimum Gasteiger partial charge on any atom is -0.376 e. The monoisotopic (exact) mass is 496 g/mol. The van der Waals surface area contributed by atoms with Crippen molar-refractivity contribution in [1.29, 1.82) is 0 Å². The molecule has 0 amide bonds. The van der Waals surface area contributed by atoms with E-state index in [1.807, 2.05) is 0 Å². The van der Waals surface area contributed by atoms with Gasteiger partial charge in [0.05, 0.1) is 5.56 Å². The van der Waals surface area contributed by atoms with E-state index in [1.165, 1.54) is 0 Å². The second-order valence-electron chi connectivity index (χ2n) is 7.23. The van der Waals surface area contributed by atoms with Gasteiger partial charge >= 0.3 is 31.3 Å². The molecule has 1 spiro atoms. The summed E-state index contributed by atoms with van der Waals surface area (Å²) >= 11 is 0. The van der Waals surface area contributed by atoms with Crippen molar-refractivity contribution in [3.05, 3.63) is 23.3 Å². The van der Waals surface area contributed by atoms with Crippen molar-refractivity contribution in [3.63, 3.8) is 0 Å². The van der Waals surface area contributed by atoms with Crippen LogP contribution in [0.25, 0.3) is 0 Å². The first-order valence-electron chi connectivity index (χ1n) is 8.73. The number of halogens is 6. The molecule has 0 saturated heterocycles. The summed E-state index contributed by atoms with van der Waals surface area (Å²) in [4.78, 5) is 13.1. The Kier molecular flexibility index (Phi) is 5.53. The summed E-state index contributed by atoms with van der Waals surface area (Å²) in [5.74, 6) is -2.82. The number of alkyl halides is 6. The van der Waals surface area contributed by atoms with E-state index in [0.29, 0.717) is 25.0 Å². The Balaban J connectivity index is 2.14. The summed E-state index contributed by atoms with van der Waals surface area (Å²) < 4.78 is 130. The van der Waals surface area contributed by atoms with Gasteiger partial charge in [0.2, 0.25) is 0 Å². The van der Waals surface area contributed by atoms with E-state index in [0.717, 1.165) is 6.42 Å². The summed E-state index contributed by atoms with van der Waals surface area (Å²) in [6, 6.07) is 0.988.